The summed E-state index contributed by atoms with van der Waals surface area (Å²) in [6.45, 7) is 2.02. The molecule has 0 spiro atoms. The summed E-state index contributed by atoms with van der Waals surface area (Å²) in [6, 6.07) is 9.41. The van der Waals surface area contributed by atoms with Crippen molar-refractivity contribution in [3.8, 4) is 18.4 Å². The van der Waals surface area contributed by atoms with Crippen LogP contribution in [-0.2, 0) is 0 Å². The number of rotatable bonds is 3. The molecule has 0 aliphatic rings. The normalized spacial score (nSPS) is 11.1. The predicted octanol–water partition coefficient (Wildman–Crippen LogP) is 2.38. The third-order valence-corrected chi connectivity index (χ3v) is 1.94. The Balaban J connectivity index is 2.78. The molecule has 1 atom stereocenters. The van der Waals surface area contributed by atoms with E-state index >= 15 is 0 Å². The van der Waals surface area contributed by atoms with Gasteiger partial charge in [0, 0.05) is 5.69 Å². The first-order valence-corrected chi connectivity index (χ1v) is 4.53. The van der Waals surface area contributed by atoms with Gasteiger partial charge in [-0.25, -0.2) is 0 Å². The Bertz CT molecular complexity index is 382. The van der Waals surface area contributed by atoms with E-state index in [0.29, 0.717) is 5.56 Å². The van der Waals surface area contributed by atoms with Crippen molar-refractivity contribution < 1.29 is 0 Å². The van der Waals surface area contributed by atoms with E-state index in [1.807, 2.05) is 19.1 Å². The van der Waals surface area contributed by atoms with Crippen LogP contribution in [-0.4, -0.2) is 6.04 Å². The zero-order chi connectivity index (χ0) is 10.4. The molecule has 0 saturated carbocycles. The molecule has 0 aromatic heterocycles. The minimum Gasteiger partial charge on any atom is -0.372 e. The zero-order valence-corrected chi connectivity index (χ0v) is 8.12. The lowest BCUT2D eigenvalue weighted by Gasteiger charge is -2.11. The van der Waals surface area contributed by atoms with E-state index in [1.165, 1.54) is 0 Å². The summed E-state index contributed by atoms with van der Waals surface area (Å²) in [7, 11) is 0. The molecule has 0 aliphatic heterocycles. The van der Waals surface area contributed by atoms with Crippen molar-refractivity contribution in [2.24, 2.45) is 0 Å². The summed E-state index contributed by atoms with van der Waals surface area (Å²) < 4.78 is 0. The number of terminal acetylenes is 1. The van der Waals surface area contributed by atoms with Crippen LogP contribution in [0.5, 0.6) is 0 Å². The average molecular weight is 184 g/mol. The highest BCUT2D eigenvalue weighted by Crippen LogP contribution is 2.11. The lowest BCUT2D eigenvalue weighted by Crippen LogP contribution is -2.15. The van der Waals surface area contributed by atoms with Gasteiger partial charge < -0.3 is 5.32 Å². The second-order valence-electron chi connectivity index (χ2n) is 2.96. The highest BCUT2D eigenvalue weighted by Gasteiger charge is 2.01. The zero-order valence-electron chi connectivity index (χ0n) is 8.12. The second-order valence-corrected chi connectivity index (χ2v) is 2.96. The van der Waals surface area contributed by atoms with E-state index in [9.17, 15) is 0 Å². The summed E-state index contributed by atoms with van der Waals surface area (Å²) in [5, 5.41) is 11.9. The fourth-order valence-corrected chi connectivity index (χ4v) is 1.14. The van der Waals surface area contributed by atoms with Crippen LogP contribution < -0.4 is 5.32 Å². The van der Waals surface area contributed by atoms with Crippen molar-refractivity contribution in [1.82, 2.24) is 0 Å². The molecule has 0 bridgehead atoms. The maximum absolute atomic E-state index is 8.69. The van der Waals surface area contributed by atoms with Crippen LogP contribution in [0.4, 0.5) is 5.69 Å². The predicted molar refractivity (Wildman–Crippen MR) is 57.7 cm³/mol. The first-order valence-electron chi connectivity index (χ1n) is 4.53. The van der Waals surface area contributed by atoms with Crippen molar-refractivity contribution in [1.29, 1.82) is 5.26 Å². The molecule has 70 valence electrons. The Labute approximate surface area is 84.6 Å². The average Bonchev–Trinajstić information content (AvgIpc) is 2.26. The van der Waals surface area contributed by atoms with Crippen LogP contribution in [0.3, 0.4) is 0 Å². The van der Waals surface area contributed by atoms with Gasteiger partial charge in [0.2, 0.25) is 0 Å². The second kappa shape index (κ2) is 4.94. The Morgan fingerprint density at radius 2 is 2.36 bits per heavy atom. The van der Waals surface area contributed by atoms with Crippen LogP contribution in [0.15, 0.2) is 24.3 Å². The molecule has 1 unspecified atom stereocenters. The van der Waals surface area contributed by atoms with E-state index < -0.39 is 0 Å². The van der Waals surface area contributed by atoms with E-state index in [-0.39, 0.29) is 6.04 Å². The number of benzene rings is 1. The molecule has 1 aromatic carbocycles. The Morgan fingerprint density at radius 3 is 2.93 bits per heavy atom. The minimum atomic E-state index is 0.0314. The molecule has 0 amide bonds. The van der Waals surface area contributed by atoms with Gasteiger partial charge in [-0.15, -0.1) is 6.42 Å². The summed E-state index contributed by atoms with van der Waals surface area (Å²) in [4.78, 5) is 0. The van der Waals surface area contributed by atoms with Crippen LogP contribution >= 0.6 is 0 Å². The van der Waals surface area contributed by atoms with Gasteiger partial charge in [-0.2, -0.15) is 5.26 Å². The van der Waals surface area contributed by atoms with Crippen molar-refractivity contribution in [3.63, 3.8) is 0 Å². The SMILES string of the molecule is C#CC(CC)Nc1cccc(C#N)c1. The molecule has 1 rings (SSSR count). The largest absolute Gasteiger partial charge is 0.372 e. The van der Waals surface area contributed by atoms with Gasteiger partial charge in [-0.3, -0.25) is 0 Å². The maximum atomic E-state index is 8.69. The Hall–Kier alpha value is -1.93. The van der Waals surface area contributed by atoms with Crippen LogP contribution in [0.2, 0.25) is 0 Å². The van der Waals surface area contributed by atoms with Crippen molar-refractivity contribution in [2.45, 2.75) is 19.4 Å². The minimum absolute atomic E-state index is 0.0314. The monoisotopic (exact) mass is 184 g/mol. The molecule has 2 nitrogen and oxygen atoms in total. The molecule has 14 heavy (non-hydrogen) atoms. The van der Waals surface area contributed by atoms with Gasteiger partial charge in [0.25, 0.3) is 0 Å². The quantitative estimate of drug-likeness (QED) is 0.732. The fourth-order valence-electron chi connectivity index (χ4n) is 1.14. The van der Waals surface area contributed by atoms with Gasteiger partial charge >= 0.3 is 0 Å². The van der Waals surface area contributed by atoms with Crippen LogP contribution in [0, 0.1) is 23.7 Å². The van der Waals surface area contributed by atoms with Crippen molar-refractivity contribution in [2.75, 3.05) is 5.32 Å². The first-order chi connectivity index (χ1) is 6.80. The Morgan fingerprint density at radius 1 is 1.57 bits per heavy atom. The number of nitriles is 1. The number of nitrogens with one attached hydrogen (secondary N) is 1. The molecular weight excluding hydrogens is 172 g/mol. The van der Waals surface area contributed by atoms with Crippen molar-refractivity contribution >= 4 is 5.69 Å². The van der Waals surface area contributed by atoms with E-state index in [4.69, 9.17) is 11.7 Å². The molecule has 0 heterocycles. The van der Waals surface area contributed by atoms with Crippen LogP contribution in [0.25, 0.3) is 0 Å². The molecule has 1 aromatic rings. The summed E-state index contributed by atoms with van der Waals surface area (Å²) in [6.07, 6.45) is 6.19. The van der Waals surface area contributed by atoms with Crippen LogP contribution in [0.1, 0.15) is 18.9 Å². The van der Waals surface area contributed by atoms with Crippen molar-refractivity contribution in [3.05, 3.63) is 29.8 Å². The first kappa shape index (κ1) is 10.2. The summed E-state index contributed by atoms with van der Waals surface area (Å²) in [5.41, 5.74) is 1.54. The molecule has 0 fully saturated rings. The standard InChI is InChI=1S/C12H12N2/c1-3-11(4-2)14-12-7-5-6-10(8-12)9-13/h1,5-8,11,14H,4H2,2H3. The molecule has 0 radical (unpaired) electrons. The molecule has 1 N–H and O–H groups in total. The highest BCUT2D eigenvalue weighted by molar-refractivity contribution is 5.50. The summed E-state index contributed by atoms with van der Waals surface area (Å²) >= 11 is 0. The van der Waals surface area contributed by atoms with E-state index in [2.05, 4.69) is 17.3 Å². The summed E-state index contributed by atoms with van der Waals surface area (Å²) in [5.74, 6) is 2.64. The number of anilines is 1. The van der Waals surface area contributed by atoms with Gasteiger partial charge in [0.1, 0.15) is 0 Å². The van der Waals surface area contributed by atoms with Gasteiger partial charge in [0.15, 0.2) is 0 Å². The van der Waals surface area contributed by atoms with E-state index in [0.717, 1.165) is 12.1 Å². The maximum Gasteiger partial charge on any atom is 0.0992 e. The smallest absolute Gasteiger partial charge is 0.0992 e. The molecular formula is C12H12N2. The Kier molecular flexibility index (Phi) is 3.58. The van der Waals surface area contributed by atoms with E-state index in [1.54, 1.807) is 12.1 Å². The lowest BCUT2D eigenvalue weighted by molar-refractivity contribution is 0.858. The molecule has 0 aliphatic carbocycles. The van der Waals surface area contributed by atoms with Gasteiger partial charge in [0.05, 0.1) is 17.7 Å². The number of hydrogen-bond donors (Lipinski definition) is 1. The third kappa shape index (κ3) is 2.54. The lowest BCUT2D eigenvalue weighted by atomic mass is 10.2. The van der Waals surface area contributed by atoms with Gasteiger partial charge in [-0.1, -0.05) is 18.9 Å². The number of nitrogens with zero attached hydrogens (tertiary/aromatic N) is 1. The third-order valence-electron chi connectivity index (χ3n) is 1.94. The van der Waals surface area contributed by atoms with Gasteiger partial charge in [-0.05, 0) is 24.6 Å². The number of hydrogen-bond acceptors (Lipinski definition) is 2. The molecule has 0 saturated heterocycles. The highest BCUT2D eigenvalue weighted by atomic mass is 14.9. The topological polar surface area (TPSA) is 35.8 Å². The molecule has 2 heteroatoms. The fraction of sp³-hybridized carbons (Fsp3) is 0.250.